The SMILES string of the molecule is COc1cc(CCC[Si](C)(C)O[Si](C)(C)O[Si](C)(C)CCCc2ccc(O)c(CO)c2)ccc1O. The summed E-state index contributed by atoms with van der Waals surface area (Å²) in [4.78, 5) is 0. The Morgan fingerprint density at radius 2 is 1.20 bits per heavy atom. The summed E-state index contributed by atoms with van der Waals surface area (Å²) in [5, 5.41) is 28.9. The van der Waals surface area contributed by atoms with Crippen LogP contribution in [0.1, 0.15) is 29.5 Å². The average Bonchev–Trinajstić information content (AvgIpc) is 2.74. The summed E-state index contributed by atoms with van der Waals surface area (Å²) in [6.07, 6.45) is 3.87. The monoisotopic (exact) mass is 536 g/mol. The molecule has 0 aliphatic heterocycles. The zero-order valence-electron chi connectivity index (χ0n) is 22.5. The number of rotatable bonds is 14. The third-order valence-corrected chi connectivity index (χ3v) is 17.6. The van der Waals surface area contributed by atoms with Gasteiger partial charge < -0.3 is 28.3 Å². The van der Waals surface area contributed by atoms with Gasteiger partial charge in [-0.3, -0.25) is 0 Å². The van der Waals surface area contributed by atoms with E-state index in [1.54, 1.807) is 19.2 Å². The quantitative estimate of drug-likeness (QED) is 0.245. The number of aliphatic hydroxyl groups is 1. The van der Waals surface area contributed by atoms with Crippen molar-refractivity contribution in [2.45, 2.75) is 83.7 Å². The second kappa shape index (κ2) is 12.6. The highest BCUT2D eigenvalue weighted by atomic mass is 28.5. The number of hydrogen-bond donors (Lipinski definition) is 3. The number of methoxy groups -OCH3 is 1. The Bertz CT molecular complexity index is 887. The normalized spacial score (nSPS) is 12.7. The molecule has 0 atom stereocenters. The first kappa shape index (κ1) is 29.6. The smallest absolute Gasteiger partial charge is 0.311 e. The predicted molar refractivity (Wildman–Crippen MR) is 150 cm³/mol. The van der Waals surface area contributed by atoms with E-state index in [0.29, 0.717) is 11.3 Å². The maximum Gasteiger partial charge on any atom is 0.311 e. The molecule has 0 amide bonds. The highest BCUT2D eigenvalue weighted by molar-refractivity contribution is 6.87. The minimum absolute atomic E-state index is 0.147. The second-order valence-electron chi connectivity index (χ2n) is 11.0. The zero-order valence-corrected chi connectivity index (χ0v) is 25.5. The molecule has 35 heavy (non-hydrogen) atoms. The van der Waals surface area contributed by atoms with Gasteiger partial charge in [-0.1, -0.05) is 12.1 Å². The Kier molecular flexibility index (Phi) is 10.6. The molecule has 0 radical (unpaired) electrons. The molecule has 0 unspecified atom stereocenters. The lowest BCUT2D eigenvalue weighted by molar-refractivity contribution is 0.275. The summed E-state index contributed by atoms with van der Waals surface area (Å²) in [6.45, 7) is 13.3. The van der Waals surface area contributed by atoms with Crippen molar-refractivity contribution in [1.82, 2.24) is 0 Å². The van der Waals surface area contributed by atoms with Crippen molar-refractivity contribution in [3.8, 4) is 17.2 Å². The molecule has 0 spiro atoms. The van der Waals surface area contributed by atoms with E-state index in [9.17, 15) is 15.3 Å². The summed E-state index contributed by atoms with van der Waals surface area (Å²) in [7, 11) is -4.50. The standard InChI is InChI=1S/C26H44O6Si3/c1-30-26-19-22(13-15-25(26)29)11-9-17-34(4,5)32-35(6,7)31-33(2,3)16-8-10-21-12-14-24(28)23(18-21)20-27/h12-15,18-19,27-29H,8-11,16-17,20H2,1-7H3. The van der Waals surface area contributed by atoms with E-state index >= 15 is 0 Å². The van der Waals surface area contributed by atoms with E-state index in [4.69, 9.17) is 13.0 Å². The molecule has 0 fully saturated rings. The summed E-state index contributed by atoms with van der Waals surface area (Å²) >= 11 is 0. The van der Waals surface area contributed by atoms with Crippen molar-refractivity contribution in [2.75, 3.05) is 7.11 Å². The maximum absolute atomic E-state index is 9.79. The minimum atomic E-state index is -2.27. The minimum Gasteiger partial charge on any atom is -0.508 e. The molecule has 9 heteroatoms. The van der Waals surface area contributed by atoms with Crippen molar-refractivity contribution in [1.29, 1.82) is 0 Å². The largest absolute Gasteiger partial charge is 0.508 e. The molecule has 2 rings (SSSR count). The fraction of sp³-hybridized carbons (Fsp3) is 0.538. The van der Waals surface area contributed by atoms with Crippen LogP contribution in [0.3, 0.4) is 0 Å². The first-order valence-electron chi connectivity index (χ1n) is 12.4. The fourth-order valence-electron chi connectivity index (χ4n) is 4.69. The molecule has 0 aliphatic carbocycles. The van der Waals surface area contributed by atoms with Gasteiger partial charge in [0.05, 0.1) is 13.7 Å². The van der Waals surface area contributed by atoms with Crippen LogP contribution in [-0.4, -0.2) is 47.6 Å². The highest BCUT2D eigenvalue weighted by Crippen LogP contribution is 2.29. The predicted octanol–water partition coefficient (Wildman–Crippen LogP) is 6.31. The van der Waals surface area contributed by atoms with Crippen LogP contribution in [0.25, 0.3) is 0 Å². The molecule has 3 N–H and O–H groups in total. The molecule has 2 aromatic rings. The molecule has 0 aromatic heterocycles. The summed E-state index contributed by atoms with van der Waals surface area (Å²) < 4.78 is 18.7. The topological polar surface area (TPSA) is 88.4 Å². The van der Waals surface area contributed by atoms with E-state index in [0.717, 1.165) is 48.9 Å². The maximum atomic E-state index is 9.79. The fourth-order valence-corrected chi connectivity index (χ4v) is 18.7. The van der Waals surface area contributed by atoms with Crippen LogP contribution in [0.4, 0.5) is 0 Å². The van der Waals surface area contributed by atoms with Gasteiger partial charge in [0.2, 0.25) is 0 Å². The molecule has 0 aliphatic rings. The number of aromatic hydroxyl groups is 2. The van der Waals surface area contributed by atoms with Gasteiger partial charge in [0, 0.05) is 5.56 Å². The summed E-state index contributed by atoms with van der Waals surface area (Å²) in [5.74, 6) is 0.835. The molecule has 0 heterocycles. The van der Waals surface area contributed by atoms with Gasteiger partial charge in [0.15, 0.2) is 28.1 Å². The third-order valence-electron chi connectivity index (χ3n) is 6.09. The van der Waals surface area contributed by atoms with E-state index in [1.165, 1.54) is 0 Å². The lowest BCUT2D eigenvalue weighted by atomic mass is 10.1. The Hall–Kier alpha value is -1.63. The number of phenols is 2. The summed E-state index contributed by atoms with van der Waals surface area (Å²) in [5.41, 5.74) is 2.86. The number of benzene rings is 2. The number of aryl methyl sites for hydroxylation is 2. The first-order chi connectivity index (χ1) is 16.3. The average molecular weight is 537 g/mol. The Morgan fingerprint density at radius 3 is 1.69 bits per heavy atom. The van der Waals surface area contributed by atoms with Gasteiger partial charge in [0.1, 0.15) is 5.75 Å². The zero-order chi connectivity index (χ0) is 26.3. The van der Waals surface area contributed by atoms with Crippen molar-refractivity contribution in [3.05, 3.63) is 53.1 Å². The number of phenolic OH excluding ortho intramolecular Hbond substituents is 1. The van der Waals surface area contributed by atoms with E-state index in [2.05, 4.69) is 39.3 Å². The van der Waals surface area contributed by atoms with Gasteiger partial charge in [0.25, 0.3) is 0 Å². The lowest BCUT2D eigenvalue weighted by Gasteiger charge is -2.39. The van der Waals surface area contributed by atoms with Crippen LogP contribution >= 0.6 is 0 Å². The molecule has 6 nitrogen and oxygen atoms in total. The van der Waals surface area contributed by atoms with Gasteiger partial charge in [-0.25, -0.2) is 0 Å². The molecule has 0 saturated carbocycles. The van der Waals surface area contributed by atoms with E-state index < -0.39 is 25.2 Å². The Labute approximate surface area is 214 Å². The molecule has 0 saturated heterocycles. The Balaban J connectivity index is 1.83. The van der Waals surface area contributed by atoms with Crippen LogP contribution in [-0.2, 0) is 27.7 Å². The van der Waals surface area contributed by atoms with Crippen LogP contribution in [0.15, 0.2) is 36.4 Å². The van der Waals surface area contributed by atoms with E-state index in [-0.39, 0.29) is 18.1 Å². The van der Waals surface area contributed by atoms with Crippen LogP contribution in [0.5, 0.6) is 17.2 Å². The van der Waals surface area contributed by atoms with Crippen molar-refractivity contribution in [3.63, 3.8) is 0 Å². The lowest BCUT2D eigenvalue weighted by Crippen LogP contribution is -2.52. The molecular formula is C26H44O6Si3. The van der Waals surface area contributed by atoms with Gasteiger partial charge in [-0.2, -0.15) is 0 Å². The van der Waals surface area contributed by atoms with Crippen LogP contribution in [0.2, 0.25) is 51.4 Å². The van der Waals surface area contributed by atoms with Crippen molar-refractivity contribution < 1.29 is 28.3 Å². The summed E-state index contributed by atoms with van der Waals surface area (Å²) in [6, 6.07) is 13.1. The number of hydrogen-bond acceptors (Lipinski definition) is 6. The van der Waals surface area contributed by atoms with Crippen molar-refractivity contribution >= 4 is 25.2 Å². The van der Waals surface area contributed by atoms with Crippen molar-refractivity contribution in [2.24, 2.45) is 0 Å². The van der Waals surface area contributed by atoms with Gasteiger partial charge >= 0.3 is 8.56 Å². The molecule has 2 aromatic carbocycles. The van der Waals surface area contributed by atoms with Gasteiger partial charge in [-0.05, 0) is 112 Å². The number of aliphatic hydroxyl groups excluding tert-OH is 1. The second-order valence-corrected chi connectivity index (χ2v) is 23.4. The van der Waals surface area contributed by atoms with Crippen LogP contribution in [0, 0.1) is 0 Å². The molecule has 196 valence electrons. The molecular weight excluding hydrogens is 493 g/mol. The molecule has 0 bridgehead atoms. The third kappa shape index (κ3) is 10.1. The highest BCUT2D eigenvalue weighted by Gasteiger charge is 2.39. The Morgan fingerprint density at radius 1 is 0.714 bits per heavy atom. The van der Waals surface area contributed by atoms with E-state index in [1.807, 2.05) is 24.3 Å². The van der Waals surface area contributed by atoms with Gasteiger partial charge in [-0.15, -0.1) is 0 Å². The first-order valence-corrected chi connectivity index (χ1v) is 21.5. The van der Waals surface area contributed by atoms with Crippen LogP contribution < -0.4 is 4.74 Å². The number of ether oxygens (including phenoxy) is 1.